The molecular weight excluding hydrogens is 297 g/mol. The molecule has 0 bridgehead atoms. The maximum absolute atomic E-state index is 12.8. The van der Waals surface area contributed by atoms with E-state index in [0.29, 0.717) is 6.54 Å². The molecule has 0 aliphatic carbocycles. The normalized spacial score (nSPS) is 14.2. The van der Waals surface area contributed by atoms with Crippen molar-refractivity contribution in [3.63, 3.8) is 0 Å². The lowest BCUT2D eigenvalue weighted by Crippen LogP contribution is -2.29. The van der Waals surface area contributed by atoms with Crippen LogP contribution in [0, 0.1) is 5.82 Å². The predicted octanol–water partition coefficient (Wildman–Crippen LogP) is 4.91. The molecule has 0 saturated carbocycles. The van der Waals surface area contributed by atoms with Gasteiger partial charge in [0.15, 0.2) is 5.13 Å². The summed E-state index contributed by atoms with van der Waals surface area (Å²) in [6, 6.07) is 6.41. The predicted molar refractivity (Wildman–Crippen MR) is 93.3 cm³/mol. The fraction of sp³-hybridized carbons (Fsp3) is 0.471. The summed E-state index contributed by atoms with van der Waals surface area (Å²) in [5.74, 6) is -0.211. The first-order valence-corrected chi connectivity index (χ1v) is 8.88. The van der Waals surface area contributed by atoms with Crippen LogP contribution in [-0.4, -0.2) is 18.1 Å². The molecule has 1 saturated heterocycles. The quantitative estimate of drug-likeness (QED) is 0.867. The van der Waals surface area contributed by atoms with E-state index in [4.69, 9.17) is 0 Å². The number of hydrogen-bond donors (Lipinski definition) is 1. The molecule has 1 aromatic heterocycles. The molecule has 1 aromatic carbocycles. The molecule has 0 radical (unpaired) electrons. The van der Waals surface area contributed by atoms with Crippen molar-refractivity contribution in [1.82, 2.24) is 4.98 Å². The number of halogens is 1. The van der Waals surface area contributed by atoms with Crippen LogP contribution in [0.4, 0.5) is 15.2 Å². The highest BCUT2D eigenvalue weighted by Crippen LogP contribution is 2.24. The number of aromatic nitrogens is 1. The van der Waals surface area contributed by atoms with Gasteiger partial charge in [-0.1, -0.05) is 13.8 Å². The molecule has 1 N–H and O–H groups in total. The average molecular weight is 321 g/mol. The Hall–Kier alpha value is -1.62. The highest BCUT2D eigenvalue weighted by atomic mass is 32.1. The first-order chi connectivity index (χ1) is 10.8. The summed E-state index contributed by atoms with van der Waals surface area (Å²) in [7, 11) is 0. The van der Waals surface area contributed by atoms with Gasteiger partial charge < -0.3 is 10.2 Å². The molecule has 1 fully saturated rings. The fourth-order valence-corrected chi connectivity index (χ4v) is 3.25. The Morgan fingerprint density at radius 3 is 2.50 bits per heavy atom. The van der Waals surface area contributed by atoms with Crippen LogP contribution in [-0.2, 0) is 6.54 Å². The minimum atomic E-state index is -0.211. The van der Waals surface area contributed by atoms with E-state index in [2.05, 4.69) is 20.6 Å². The first-order valence-electron chi connectivity index (χ1n) is 8.00. The van der Waals surface area contributed by atoms with Crippen molar-refractivity contribution in [3.8, 4) is 0 Å². The number of anilines is 2. The van der Waals surface area contributed by atoms with Gasteiger partial charge in [-0.25, -0.2) is 9.37 Å². The molecule has 3 rings (SSSR count). The van der Waals surface area contributed by atoms with Gasteiger partial charge in [-0.05, 0) is 43.5 Å². The van der Waals surface area contributed by atoms with Gasteiger partial charge in [0.25, 0.3) is 0 Å². The molecule has 0 atom stereocenters. The maximum Gasteiger partial charge on any atom is 0.185 e. The lowest BCUT2D eigenvalue weighted by Gasteiger charge is -2.25. The molecule has 2 heterocycles. The van der Waals surface area contributed by atoms with Gasteiger partial charge in [0.2, 0.25) is 0 Å². The monoisotopic (exact) mass is 321 g/mol. The maximum atomic E-state index is 12.8. The lowest BCUT2D eigenvalue weighted by molar-refractivity contribution is 0.576. The molecule has 0 spiro atoms. The largest absolute Gasteiger partial charge is 0.379 e. The Morgan fingerprint density at radius 2 is 1.82 bits per heavy atom. The van der Waals surface area contributed by atoms with Crippen LogP contribution < -0.4 is 10.2 Å². The van der Waals surface area contributed by atoms with Crippen LogP contribution in [0.2, 0.25) is 0 Å². The zero-order valence-electron chi connectivity index (χ0n) is 13.3. The molecule has 1 aliphatic rings. The Bertz CT molecular complexity index is 547. The van der Waals surface area contributed by atoms with E-state index in [1.54, 1.807) is 23.5 Å². The van der Waals surface area contributed by atoms with Crippen LogP contribution in [0.15, 0.2) is 29.6 Å². The van der Waals surface area contributed by atoms with Gasteiger partial charge in [-0.2, -0.15) is 0 Å². The van der Waals surface area contributed by atoms with Gasteiger partial charge >= 0.3 is 0 Å². The third-order valence-corrected chi connectivity index (χ3v) is 4.43. The highest BCUT2D eigenvalue weighted by Gasteiger charge is 2.14. The number of nitrogens with one attached hydrogen (secondary N) is 1. The van der Waals surface area contributed by atoms with Gasteiger partial charge in [-0.15, -0.1) is 11.3 Å². The van der Waals surface area contributed by atoms with Gasteiger partial charge in [-0.3, -0.25) is 0 Å². The third kappa shape index (κ3) is 4.70. The van der Waals surface area contributed by atoms with E-state index < -0.39 is 0 Å². The number of hydrogen-bond acceptors (Lipinski definition) is 4. The Kier molecular flexibility index (Phi) is 6.65. The third-order valence-electron chi connectivity index (χ3n) is 3.48. The molecule has 0 amide bonds. The highest BCUT2D eigenvalue weighted by molar-refractivity contribution is 7.13. The van der Waals surface area contributed by atoms with Crippen LogP contribution >= 0.6 is 11.3 Å². The number of rotatable bonds is 4. The molecule has 2 aromatic rings. The molecule has 120 valence electrons. The van der Waals surface area contributed by atoms with Gasteiger partial charge in [0.1, 0.15) is 5.82 Å². The van der Waals surface area contributed by atoms with E-state index in [0.717, 1.165) is 29.6 Å². The Morgan fingerprint density at radius 1 is 1.14 bits per heavy atom. The summed E-state index contributed by atoms with van der Waals surface area (Å²) < 4.78 is 12.8. The molecule has 0 unspecified atom stereocenters. The van der Waals surface area contributed by atoms with Crippen molar-refractivity contribution >= 4 is 22.2 Å². The van der Waals surface area contributed by atoms with Gasteiger partial charge in [0, 0.05) is 24.2 Å². The second kappa shape index (κ2) is 8.73. The van der Waals surface area contributed by atoms with Crippen molar-refractivity contribution in [2.24, 2.45) is 0 Å². The van der Waals surface area contributed by atoms with Crippen LogP contribution in [0.5, 0.6) is 0 Å². The van der Waals surface area contributed by atoms with Crippen molar-refractivity contribution < 1.29 is 4.39 Å². The second-order valence-electron chi connectivity index (χ2n) is 5.03. The van der Waals surface area contributed by atoms with Crippen LogP contribution in [0.3, 0.4) is 0 Å². The van der Waals surface area contributed by atoms with Crippen molar-refractivity contribution in [3.05, 3.63) is 41.2 Å². The van der Waals surface area contributed by atoms with E-state index in [1.165, 1.54) is 31.4 Å². The minimum Gasteiger partial charge on any atom is -0.379 e. The Balaban J connectivity index is 0.000000847. The van der Waals surface area contributed by atoms with E-state index in [-0.39, 0.29) is 5.82 Å². The molecular formula is C17H24FN3S. The standard InChI is InChI=1S/C15H18FN3S.C2H6/c16-12-4-6-13(7-5-12)17-10-14-11-20-15(18-14)19-8-2-1-3-9-19;1-2/h4-7,11,17H,1-3,8-10H2;1-2H3. The molecule has 3 nitrogen and oxygen atoms in total. The van der Waals surface area contributed by atoms with Crippen molar-refractivity contribution in [1.29, 1.82) is 0 Å². The number of thiazole rings is 1. The lowest BCUT2D eigenvalue weighted by atomic mass is 10.1. The fourth-order valence-electron chi connectivity index (χ4n) is 2.37. The average Bonchev–Trinajstić information content (AvgIpc) is 3.06. The second-order valence-corrected chi connectivity index (χ2v) is 5.87. The summed E-state index contributed by atoms with van der Waals surface area (Å²) in [6.07, 6.45) is 3.87. The van der Waals surface area contributed by atoms with E-state index >= 15 is 0 Å². The zero-order valence-corrected chi connectivity index (χ0v) is 14.1. The summed E-state index contributed by atoms with van der Waals surface area (Å²) in [5.41, 5.74) is 1.96. The van der Waals surface area contributed by atoms with Crippen LogP contribution in [0.1, 0.15) is 38.8 Å². The number of benzene rings is 1. The van der Waals surface area contributed by atoms with Gasteiger partial charge in [0.05, 0.1) is 12.2 Å². The molecule has 1 aliphatic heterocycles. The summed E-state index contributed by atoms with van der Waals surface area (Å²) in [4.78, 5) is 7.05. The first kappa shape index (κ1) is 16.7. The summed E-state index contributed by atoms with van der Waals surface area (Å²) >= 11 is 1.71. The van der Waals surface area contributed by atoms with Crippen molar-refractivity contribution in [2.75, 3.05) is 23.3 Å². The minimum absolute atomic E-state index is 0.211. The zero-order chi connectivity index (χ0) is 15.8. The number of nitrogens with zero attached hydrogens (tertiary/aromatic N) is 2. The van der Waals surface area contributed by atoms with Crippen molar-refractivity contribution in [2.45, 2.75) is 39.7 Å². The number of piperidine rings is 1. The smallest absolute Gasteiger partial charge is 0.185 e. The molecule has 5 heteroatoms. The van der Waals surface area contributed by atoms with E-state index in [9.17, 15) is 4.39 Å². The van der Waals surface area contributed by atoms with Crippen LogP contribution in [0.25, 0.3) is 0 Å². The topological polar surface area (TPSA) is 28.2 Å². The Labute approximate surface area is 136 Å². The SMILES string of the molecule is CC.Fc1ccc(NCc2csc(N3CCCCC3)n2)cc1. The summed E-state index contributed by atoms with van der Waals surface area (Å²) in [5, 5.41) is 6.49. The molecule has 22 heavy (non-hydrogen) atoms. The van der Waals surface area contributed by atoms with E-state index in [1.807, 2.05) is 13.8 Å². The summed E-state index contributed by atoms with van der Waals surface area (Å²) in [6.45, 7) is 6.92.